The van der Waals surface area contributed by atoms with E-state index in [2.05, 4.69) is 0 Å². The highest BCUT2D eigenvalue weighted by molar-refractivity contribution is 7.91. The van der Waals surface area contributed by atoms with Gasteiger partial charge in [-0.1, -0.05) is 13.3 Å². The van der Waals surface area contributed by atoms with Gasteiger partial charge in [0.25, 0.3) is 0 Å². The van der Waals surface area contributed by atoms with Crippen molar-refractivity contribution in [3.8, 4) is 0 Å². The van der Waals surface area contributed by atoms with Gasteiger partial charge >= 0.3 is 5.97 Å². The summed E-state index contributed by atoms with van der Waals surface area (Å²) in [5, 5.41) is 8.85. The van der Waals surface area contributed by atoms with E-state index >= 15 is 0 Å². The first-order valence-corrected chi connectivity index (χ1v) is 8.43. The van der Waals surface area contributed by atoms with Crippen LogP contribution < -0.4 is 0 Å². The number of carbonyl (C=O) groups is 1. The van der Waals surface area contributed by atoms with Gasteiger partial charge in [0.2, 0.25) is 0 Å². The number of sulfone groups is 1. The van der Waals surface area contributed by atoms with Crippen LogP contribution in [0.15, 0.2) is 0 Å². The van der Waals surface area contributed by atoms with Gasteiger partial charge in [0.05, 0.1) is 12.2 Å². The van der Waals surface area contributed by atoms with E-state index in [4.69, 9.17) is 5.11 Å². The zero-order chi connectivity index (χ0) is 13.6. The Hall–Kier alpha value is -0.620. The van der Waals surface area contributed by atoms with Gasteiger partial charge in [-0.05, 0) is 25.8 Å². The maximum Gasteiger partial charge on any atom is 0.304 e. The fraction of sp³-hybridized carbons (Fsp3) is 0.917. The molecule has 1 saturated heterocycles. The number of hydrogen-bond donors (Lipinski definition) is 1. The van der Waals surface area contributed by atoms with E-state index in [1.54, 1.807) is 0 Å². The van der Waals surface area contributed by atoms with Crippen LogP contribution in [0, 0.1) is 0 Å². The molecule has 1 rings (SSSR count). The van der Waals surface area contributed by atoms with Crippen LogP contribution in [0.4, 0.5) is 0 Å². The lowest BCUT2D eigenvalue weighted by Crippen LogP contribution is -2.43. The predicted octanol–water partition coefficient (Wildman–Crippen LogP) is 1.14. The summed E-state index contributed by atoms with van der Waals surface area (Å²) < 4.78 is 23.3. The molecule has 1 aliphatic rings. The zero-order valence-electron chi connectivity index (χ0n) is 11.0. The van der Waals surface area contributed by atoms with Gasteiger partial charge in [-0.2, -0.15) is 0 Å². The first kappa shape index (κ1) is 15.4. The minimum absolute atomic E-state index is 0.00748. The molecular formula is C12H23NO4S. The molecule has 1 aliphatic heterocycles. The molecule has 0 bridgehead atoms. The minimum Gasteiger partial charge on any atom is -0.481 e. The van der Waals surface area contributed by atoms with Gasteiger partial charge < -0.3 is 5.11 Å². The lowest BCUT2D eigenvalue weighted by Gasteiger charge is -2.34. The predicted molar refractivity (Wildman–Crippen MR) is 70.4 cm³/mol. The van der Waals surface area contributed by atoms with Gasteiger partial charge in [-0.15, -0.1) is 0 Å². The van der Waals surface area contributed by atoms with Crippen molar-refractivity contribution >= 4 is 15.8 Å². The average Bonchev–Trinajstić information content (AvgIpc) is 2.27. The highest BCUT2D eigenvalue weighted by Gasteiger charge is 2.25. The molecule has 0 aromatic carbocycles. The first-order valence-electron chi connectivity index (χ1n) is 6.61. The molecule has 1 atom stereocenters. The van der Waals surface area contributed by atoms with Crippen LogP contribution in [-0.4, -0.2) is 55.0 Å². The number of aliphatic carboxylic acids is 1. The van der Waals surface area contributed by atoms with Crippen molar-refractivity contribution in [3.05, 3.63) is 0 Å². The Morgan fingerprint density at radius 3 is 2.67 bits per heavy atom. The van der Waals surface area contributed by atoms with Crippen molar-refractivity contribution < 1.29 is 18.3 Å². The number of carboxylic acid groups (broad SMARTS) is 1. The molecule has 0 aromatic heterocycles. The Balaban J connectivity index is 2.49. The van der Waals surface area contributed by atoms with Crippen molar-refractivity contribution in [2.45, 2.75) is 45.1 Å². The Bertz CT molecular complexity index is 366. The molecule has 1 fully saturated rings. The summed E-state index contributed by atoms with van der Waals surface area (Å²) in [6.07, 6.45) is 3.69. The van der Waals surface area contributed by atoms with Gasteiger partial charge in [0, 0.05) is 18.3 Å². The van der Waals surface area contributed by atoms with Crippen LogP contribution >= 0.6 is 0 Å². The molecule has 0 radical (unpaired) electrons. The van der Waals surface area contributed by atoms with Crippen molar-refractivity contribution in [3.63, 3.8) is 0 Å². The number of piperidine rings is 1. The summed E-state index contributed by atoms with van der Waals surface area (Å²) >= 11 is 0. The molecule has 1 unspecified atom stereocenters. The number of rotatable bonds is 7. The second-order valence-corrected chi connectivity index (χ2v) is 7.24. The van der Waals surface area contributed by atoms with E-state index < -0.39 is 15.8 Å². The van der Waals surface area contributed by atoms with Gasteiger partial charge in [0.1, 0.15) is 0 Å². The fourth-order valence-electron chi connectivity index (χ4n) is 2.46. The Kier molecular flexibility index (Phi) is 6.08. The molecule has 0 aromatic rings. The molecule has 5 nitrogen and oxygen atoms in total. The normalized spacial score (nSPS) is 21.9. The number of hydrogen-bond acceptors (Lipinski definition) is 4. The van der Waals surface area contributed by atoms with Crippen LogP contribution in [0.2, 0.25) is 0 Å². The topological polar surface area (TPSA) is 74.7 Å². The first-order chi connectivity index (χ1) is 8.44. The van der Waals surface area contributed by atoms with Crippen LogP contribution in [0.25, 0.3) is 0 Å². The molecular weight excluding hydrogens is 254 g/mol. The van der Waals surface area contributed by atoms with E-state index in [1.807, 2.05) is 11.8 Å². The van der Waals surface area contributed by atoms with Gasteiger partial charge in [-0.3, -0.25) is 9.69 Å². The third-order valence-corrected chi connectivity index (χ3v) is 5.20. The minimum atomic E-state index is -2.97. The third-order valence-electron chi connectivity index (χ3n) is 3.36. The Morgan fingerprint density at radius 1 is 1.33 bits per heavy atom. The molecule has 0 amide bonds. The van der Waals surface area contributed by atoms with E-state index in [1.165, 1.54) is 0 Å². The molecule has 1 N–H and O–H groups in total. The quantitative estimate of drug-likeness (QED) is 0.755. The van der Waals surface area contributed by atoms with Crippen molar-refractivity contribution in [1.29, 1.82) is 0 Å². The van der Waals surface area contributed by atoms with Crippen molar-refractivity contribution in [2.75, 3.05) is 24.6 Å². The van der Waals surface area contributed by atoms with Gasteiger partial charge in [0.15, 0.2) is 9.84 Å². The maximum absolute atomic E-state index is 11.7. The third kappa shape index (κ3) is 5.35. The Morgan fingerprint density at radius 2 is 2.06 bits per heavy atom. The van der Waals surface area contributed by atoms with Gasteiger partial charge in [-0.25, -0.2) is 8.42 Å². The summed E-state index contributed by atoms with van der Waals surface area (Å²) in [6.45, 7) is 3.14. The summed E-state index contributed by atoms with van der Waals surface area (Å²) in [4.78, 5) is 12.8. The molecule has 106 valence electrons. The zero-order valence-corrected chi connectivity index (χ0v) is 11.8. The van der Waals surface area contributed by atoms with E-state index in [0.29, 0.717) is 13.0 Å². The summed E-state index contributed by atoms with van der Waals surface area (Å²) in [6, 6.07) is 0.00748. The lowest BCUT2D eigenvalue weighted by atomic mass is 9.99. The molecule has 0 aliphatic carbocycles. The van der Waals surface area contributed by atoms with E-state index in [0.717, 1.165) is 25.8 Å². The maximum atomic E-state index is 11.7. The SMILES string of the molecule is CCCS(=O)(=O)CCN1CCCCC1CC(=O)O. The van der Waals surface area contributed by atoms with E-state index in [9.17, 15) is 13.2 Å². The molecule has 1 heterocycles. The largest absolute Gasteiger partial charge is 0.481 e. The van der Waals surface area contributed by atoms with Crippen molar-refractivity contribution in [2.24, 2.45) is 0 Å². The van der Waals surface area contributed by atoms with Crippen LogP contribution in [0.3, 0.4) is 0 Å². The summed E-state index contributed by atoms with van der Waals surface area (Å²) in [5.74, 6) is -0.426. The second kappa shape index (κ2) is 7.09. The van der Waals surface area contributed by atoms with E-state index in [-0.39, 0.29) is 24.0 Å². The summed E-state index contributed by atoms with van der Waals surface area (Å²) in [5.41, 5.74) is 0. The van der Waals surface area contributed by atoms with Crippen LogP contribution in [0.1, 0.15) is 39.0 Å². The highest BCUT2D eigenvalue weighted by atomic mass is 32.2. The molecule has 6 heteroatoms. The highest BCUT2D eigenvalue weighted by Crippen LogP contribution is 2.19. The number of carboxylic acids is 1. The van der Waals surface area contributed by atoms with Crippen molar-refractivity contribution in [1.82, 2.24) is 4.90 Å². The molecule has 18 heavy (non-hydrogen) atoms. The standard InChI is InChI=1S/C12H23NO4S/c1-2-8-18(16,17)9-7-13-6-4-3-5-11(13)10-12(14)15/h11H,2-10H2,1H3,(H,14,15). The summed E-state index contributed by atoms with van der Waals surface area (Å²) in [7, 11) is -2.97. The average molecular weight is 277 g/mol. The Labute approximate surface area is 109 Å². The number of nitrogens with zero attached hydrogens (tertiary/aromatic N) is 1. The molecule has 0 saturated carbocycles. The fourth-order valence-corrected chi connectivity index (χ4v) is 3.80. The molecule has 0 spiro atoms. The van der Waals surface area contributed by atoms with Crippen LogP contribution in [-0.2, 0) is 14.6 Å². The second-order valence-electron chi connectivity index (χ2n) is 4.94. The smallest absolute Gasteiger partial charge is 0.304 e. The monoisotopic (exact) mass is 277 g/mol. The van der Waals surface area contributed by atoms with Crippen LogP contribution in [0.5, 0.6) is 0 Å². The lowest BCUT2D eigenvalue weighted by molar-refractivity contribution is -0.138. The number of likely N-dealkylation sites (tertiary alicyclic amines) is 1.